The van der Waals surface area contributed by atoms with Crippen molar-refractivity contribution in [3.63, 3.8) is 0 Å². The second-order valence-electron chi connectivity index (χ2n) is 10.5. The summed E-state index contributed by atoms with van der Waals surface area (Å²) in [5, 5.41) is -0.770. The summed E-state index contributed by atoms with van der Waals surface area (Å²) in [5.74, 6) is -0.127. The SMILES string of the molecule is COc1cc(C)ccc1S(=O)(=O)N1CCSC1C(=O)OC(Cc1c(Cl)cncc1Cl)c1ccc(OC(F)F)c(OCC2CC2)c1. The molecule has 2 heterocycles. The number of sulfonamides is 1. The van der Waals surface area contributed by atoms with Crippen LogP contribution in [0.15, 0.2) is 53.7 Å². The van der Waals surface area contributed by atoms with Crippen LogP contribution in [0.3, 0.4) is 0 Å². The van der Waals surface area contributed by atoms with Crippen molar-refractivity contribution in [1.82, 2.24) is 9.29 Å². The minimum absolute atomic E-state index is 0.0288. The van der Waals surface area contributed by atoms with E-state index >= 15 is 0 Å². The fourth-order valence-corrected chi connectivity index (χ4v) is 8.47. The molecule has 2 aromatic carbocycles. The number of rotatable bonds is 13. The average molecular weight is 704 g/mol. The summed E-state index contributed by atoms with van der Waals surface area (Å²) in [6, 6.07) is 8.94. The molecule has 2 aliphatic rings. The number of carbonyl (C=O) groups is 1. The number of hydrogen-bond acceptors (Lipinski definition) is 9. The Morgan fingerprint density at radius 3 is 2.49 bits per heavy atom. The van der Waals surface area contributed by atoms with Gasteiger partial charge in [0.2, 0.25) is 10.0 Å². The third kappa shape index (κ3) is 7.94. The number of esters is 1. The maximum atomic E-state index is 13.8. The monoisotopic (exact) mass is 702 g/mol. The van der Waals surface area contributed by atoms with Crippen LogP contribution in [0.1, 0.15) is 35.6 Å². The molecule has 45 heavy (non-hydrogen) atoms. The van der Waals surface area contributed by atoms with Crippen molar-refractivity contribution in [3.05, 3.63) is 75.5 Å². The van der Waals surface area contributed by atoms with Crippen LogP contribution in [-0.2, 0) is 26.0 Å². The molecule has 0 bridgehead atoms. The molecule has 1 aliphatic heterocycles. The lowest BCUT2D eigenvalue weighted by Crippen LogP contribution is -2.40. The van der Waals surface area contributed by atoms with Crippen LogP contribution >= 0.6 is 35.0 Å². The number of alkyl halides is 2. The zero-order chi connectivity index (χ0) is 32.3. The van der Waals surface area contributed by atoms with E-state index in [1.54, 1.807) is 19.1 Å². The zero-order valence-corrected chi connectivity index (χ0v) is 27.4. The van der Waals surface area contributed by atoms with Crippen LogP contribution in [0.4, 0.5) is 8.78 Å². The molecule has 0 amide bonds. The van der Waals surface area contributed by atoms with Crippen molar-refractivity contribution in [3.8, 4) is 17.2 Å². The average Bonchev–Trinajstić information content (AvgIpc) is 3.69. The predicted octanol–water partition coefficient (Wildman–Crippen LogP) is 6.69. The van der Waals surface area contributed by atoms with Gasteiger partial charge in [-0.2, -0.15) is 13.1 Å². The van der Waals surface area contributed by atoms with E-state index in [0.717, 1.165) is 34.5 Å². The topological polar surface area (TPSA) is 104 Å². The van der Waals surface area contributed by atoms with Gasteiger partial charge in [0.25, 0.3) is 0 Å². The molecule has 242 valence electrons. The molecule has 3 aromatic rings. The summed E-state index contributed by atoms with van der Waals surface area (Å²) < 4.78 is 76.8. The number of nitrogens with zero attached hydrogens (tertiary/aromatic N) is 2. The third-order valence-corrected chi connectivity index (χ3v) is 11.2. The van der Waals surface area contributed by atoms with Gasteiger partial charge in [-0.05, 0) is 66.6 Å². The molecule has 1 aliphatic carbocycles. The van der Waals surface area contributed by atoms with Crippen molar-refractivity contribution in [1.29, 1.82) is 0 Å². The Morgan fingerprint density at radius 2 is 1.82 bits per heavy atom. The Bertz CT molecular complexity index is 1640. The highest BCUT2D eigenvalue weighted by Gasteiger charge is 2.43. The first-order valence-corrected chi connectivity index (χ1v) is 17.2. The first-order chi connectivity index (χ1) is 21.5. The maximum absolute atomic E-state index is 13.8. The Morgan fingerprint density at radius 1 is 1.09 bits per heavy atom. The van der Waals surface area contributed by atoms with Crippen LogP contribution in [0.2, 0.25) is 10.0 Å². The van der Waals surface area contributed by atoms with E-state index < -0.39 is 34.1 Å². The van der Waals surface area contributed by atoms with Crippen LogP contribution in [0.25, 0.3) is 0 Å². The summed E-state index contributed by atoms with van der Waals surface area (Å²) in [4.78, 5) is 17.7. The van der Waals surface area contributed by atoms with Gasteiger partial charge in [0.15, 0.2) is 16.9 Å². The van der Waals surface area contributed by atoms with E-state index in [2.05, 4.69) is 9.72 Å². The van der Waals surface area contributed by atoms with E-state index in [4.69, 9.17) is 37.4 Å². The number of halogens is 4. The normalized spacial score (nSPS) is 17.7. The first-order valence-electron chi connectivity index (χ1n) is 14.0. The van der Waals surface area contributed by atoms with Gasteiger partial charge in [0.1, 0.15) is 16.7 Å². The Balaban J connectivity index is 1.47. The molecule has 15 heteroatoms. The molecular weight excluding hydrogens is 673 g/mol. The second kappa shape index (κ2) is 14.3. The molecule has 1 saturated heterocycles. The molecule has 2 atom stereocenters. The number of methoxy groups -OCH3 is 1. The van der Waals surface area contributed by atoms with Gasteiger partial charge in [-0.1, -0.05) is 35.3 Å². The summed E-state index contributed by atoms with van der Waals surface area (Å²) in [7, 11) is -2.80. The number of aryl methyl sites for hydroxylation is 1. The lowest BCUT2D eigenvalue weighted by molar-refractivity contribution is -0.150. The summed E-state index contributed by atoms with van der Waals surface area (Å²) in [6.45, 7) is -0.902. The fourth-order valence-electron chi connectivity index (χ4n) is 4.77. The van der Waals surface area contributed by atoms with Crippen LogP contribution in [-0.4, -0.2) is 61.7 Å². The van der Waals surface area contributed by atoms with Crippen molar-refractivity contribution >= 4 is 51.0 Å². The number of pyridine rings is 1. The van der Waals surface area contributed by atoms with E-state index in [1.165, 1.54) is 43.8 Å². The van der Waals surface area contributed by atoms with Crippen molar-refractivity contribution < 1.29 is 40.9 Å². The summed E-state index contributed by atoms with van der Waals surface area (Å²) >= 11 is 13.9. The Labute approximate surface area is 274 Å². The van der Waals surface area contributed by atoms with Crippen LogP contribution in [0.5, 0.6) is 17.2 Å². The molecule has 0 radical (unpaired) electrons. The number of hydrogen-bond donors (Lipinski definition) is 0. The fraction of sp³-hybridized carbons (Fsp3) is 0.400. The summed E-state index contributed by atoms with van der Waals surface area (Å²) in [6.07, 6.45) is 3.62. The van der Waals surface area contributed by atoms with Crippen LogP contribution in [0, 0.1) is 12.8 Å². The highest BCUT2D eigenvalue weighted by atomic mass is 35.5. The smallest absolute Gasteiger partial charge is 0.387 e. The van der Waals surface area contributed by atoms with E-state index in [-0.39, 0.29) is 45.2 Å². The zero-order valence-electron chi connectivity index (χ0n) is 24.3. The molecule has 1 aromatic heterocycles. The van der Waals surface area contributed by atoms with Crippen molar-refractivity contribution in [2.45, 2.75) is 49.2 Å². The molecule has 9 nitrogen and oxygen atoms in total. The van der Waals surface area contributed by atoms with Gasteiger partial charge in [-0.15, -0.1) is 11.8 Å². The lowest BCUT2D eigenvalue weighted by Gasteiger charge is -2.26. The first kappa shape index (κ1) is 33.5. The molecule has 5 rings (SSSR count). The molecule has 0 spiro atoms. The largest absolute Gasteiger partial charge is 0.495 e. The number of thioether (sulfide) groups is 1. The molecule has 2 fully saturated rings. The minimum Gasteiger partial charge on any atom is -0.495 e. The van der Waals surface area contributed by atoms with Crippen molar-refractivity contribution in [2.24, 2.45) is 5.92 Å². The number of ether oxygens (including phenoxy) is 4. The summed E-state index contributed by atoms with van der Waals surface area (Å²) in [5.41, 5.74) is 1.60. The number of benzene rings is 2. The highest BCUT2D eigenvalue weighted by Crippen LogP contribution is 2.40. The van der Waals surface area contributed by atoms with Crippen molar-refractivity contribution in [2.75, 3.05) is 26.0 Å². The van der Waals surface area contributed by atoms with Crippen LogP contribution < -0.4 is 14.2 Å². The number of carbonyl (C=O) groups excluding carboxylic acids is 1. The minimum atomic E-state index is -4.17. The molecule has 1 saturated carbocycles. The second-order valence-corrected chi connectivity index (χ2v) is 14.4. The molecule has 2 unspecified atom stereocenters. The maximum Gasteiger partial charge on any atom is 0.387 e. The Hall–Kier alpha value is -2.84. The predicted molar refractivity (Wildman–Crippen MR) is 166 cm³/mol. The standard InChI is InChI=1S/C30H30Cl2F2N2O7S2/c1-17-3-8-27(26(11-17)40-2)45(38,39)36-9-10-44-28(36)29(37)42-24(13-20-21(31)14-35-15-22(20)32)19-6-7-23(43-30(33)34)25(12-19)41-16-18-4-5-18/h3,6-8,11-12,14-15,18,24,28,30H,4-5,9-10,13,16H2,1-2H3. The van der Waals surface area contributed by atoms with E-state index in [1.807, 2.05) is 0 Å². The quantitative estimate of drug-likeness (QED) is 0.180. The third-order valence-electron chi connectivity index (χ3n) is 7.28. The number of aromatic nitrogens is 1. The highest BCUT2D eigenvalue weighted by molar-refractivity contribution is 8.02. The van der Waals surface area contributed by atoms with Gasteiger partial charge in [0.05, 0.1) is 23.8 Å². The van der Waals surface area contributed by atoms with Gasteiger partial charge < -0.3 is 18.9 Å². The van der Waals surface area contributed by atoms with Gasteiger partial charge in [0, 0.05) is 31.1 Å². The molecular formula is C30H30Cl2F2N2O7S2. The van der Waals surface area contributed by atoms with Gasteiger partial charge in [-0.25, -0.2) is 13.2 Å². The van der Waals surface area contributed by atoms with Gasteiger partial charge >= 0.3 is 12.6 Å². The molecule has 0 N–H and O–H groups in total. The van der Waals surface area contributed by atoms with Gasteiger partial charge in [-0.3, -0.25) is 4.98 Å². The lowest BCUT2D eigenvalue weighted by atomic mass is 10.0. The van der Waals surface area contributed by atoms with E-state index in [9.17, 15) is 22.0 Å². The van der Waals surface area contributed by atoms with E-state index in [0.29, 0.717) is 29.4 Å². The Kier molecular flexibility index (Phi) is 10.6.